The number of esters is 1. The number of aryl methyl sites for hydroxylation is 1. The SMILES string of the molecule is COC(=O)c1c(C)[nH]c(C(=O)COc2ccc(F)cc2Cl)c1C. The quantitative estimate of drug-likeness (QED) is 0.669. The molecule has 122 valence electrons. The molecule has 0 bridgehead atoms. The Morgan fingerprint density at radius 1 is 1.30 bits per heavy atom. The van der Waals surface area contributed by atoms with Gasteiger partial charge in [0.05, 0.1) is 23.4 Å². The number of carbonyl (C=O) groups excluding carboxylic acids is 2. The van der Waals surface area contributed by atoms with Crippen LogP contribution in [0.5, 0.6) is 5.75 Å². The minimum Gasteiger partial charge on any atom is -0.484 e. The van der Waals surface area contributed by atoms with E-state index in [0.29, 0.717) is 16.8 Å². The van der Waals surface area contributed by atoms with E-state index in [1.165, 1.54) is 19.2 Å². The fourth-order valence-corrected chi connectivity index (χ4v) is 2.47. The van der Waals surface area contributed by atoms with E-state index in [0.717, 1.165) is 6.07 Å². The molecule has 7 heteroatoms. The highest BCUT2D eigenvalue weighted by molar-refractivity contribution is 6.32. The van der Waals surface area contributed by atoms with E-state index in [4.69, 9.17) is 21.1 Å². The van der Waals surface area contributed by atoms with Crippen molar-refractivity contribution in [2.45, 2.75) is 13.8 Å². The zero-order valence-electron chi connectivity index (χ0n) is 12.8. The molecule has 0 saturated heterocycles. The predicted octanol–water partition coefficient (Wildman–Crippen LogP) is 3.47. The second-order valence-electron chi connectivity index (χ2n) is 4.90. The van der Waals surface area contributed by atoms with Crippen LogP contribution in [0.15, 0.2) is 18.2 Å². The molecule has 1 N–H and O–H groups in total. The van der Waals surface area contributed by atoms with E-state index in [9.17, 15) is 14.0 Å². The van der Waals surface area contributed by atoms with Crippen LogP contribution in [0.3, 0.4) is 0 Å². The molecule has 0 aliphatic carbocycles. The molecule has 0 fully saturated rings. The number of hydrogen-bond donors (Lipinski definition) is 1. The van der Waals surface area contributed by atoms with Gasteiger partial charge in [-0.1, -0.05) is 11.6 Å². The molecular formula is C16H15ClFNO4. The minimum atomic E-state index is -0.516. The molecule has 1 aromatic heterocycles. The van der Waals surface area contributed by atoms with Crippen molar-refractivity contribution in [2.24, 2.45) is 0 Å². The summed E-state index contributed by atoms with van der Waals surface area (Å²) < 4.78 is 23.0. The highest BCUT2D eigenvalue weighted by atomic mass is 35.5. The van der Waals surface area contributed by atoms with Crippen LogP contribution in [0.2, 0.25) is 5.02 Å². The van der Waals surface area contributed by atoms with Gasteiger partial charge in [-0.05, 0) is 37.6 Å². The number of ketones is 1. The van der Waals surface area contributed by atoms with Crippen molar-refractivity contribution < 1.29 is 23.5 Å². The molecular weight excluding hydrogens is 325 g/mol. The number of halogens is 2. The Hall–Kier alpha value is -2.34. The van der Waals surface area contributed by atoms with Crippen LogP contribution >= 0.6 is 11.6 Å². The number of H-pyrrole nitrogens is 1. The third-order valence-corrected chi connectivity index (χ3v) is 3.65. The Kier molecular flexibility index (Phi) is 5.05. The maximum absolute atomic E-state index is 13.0. The molecule has 0 aliphatic rings. The molecule has 0 spiro atoms. The van der Waals surface area contributed by atoms with Crippen LogP contribution in [0.1, 0.15) is 32.1 Å². The van der Waals surface area contributed by atoms with E-state index in [2.05, 4.69) is 4.98 Å². The summed E-state index contributed by atoms with van der Waals surface area (Å²) in [5, 5.41) is 0.0763. The number of carbonyl (C=O) groups is 2. The molecule has 0 saturated carbocycles. The number of aromatic nitrogens is 1. The van der Waals surface area contributed by atoms with Gasteiger partial charge >= 0.3 is 5.97 Å². The predicted molar refractivity (Wildman–Crippen MR) is 82.8 cm³/mol. The van der Waals surface area contributed by atoms with Crippen molar-refractivity contribution in [2.75, 3.05) is 13.7 Å². The van der Waals surface area contributed by atoms with E-state index in [-0.39, 0.29) is 28.9 Å². The monoisotopic (exact) mass is 339 g/mol. The lowest BCUT2D eigenvalue weighted by molar-refractivity contribution is 0.0599. The first-order valence-corrected chi connectivity index (χ1v) is 7.11. The first kappa shape index (κ1) is 17.0. The van der Waals surface area contributed by atoms with Crippen LogP contribution in [0.25, 0.3) is 0 Å². The van der Waals surface area contributed by atoms with Gasteiger partial charge in [0.1, 0.15) is 11.6 Å². The van der Waals surface area contributed by atoms with Crippen molar-refractivity contribution in [1.29, 1.82) is 0 Å². The lowest BCUT2D eigenvalue weighted by atomic mass is 10.1. The molecule has 0 radical (unpaired) electrons. The van der Waals surface area contributed by atoms with E-state index in [1.807, 2.05) is 0 Å². The molecule has 0 unspecified atom stereocenters. The van der Waals surface area contributed by atoms with E-state index < -0.39 is 11.8 Å². The van der Waals surface area contributed by atoms with Gasteiger partial charge in [-0.15, -0.1) is 0 Å². The minimum absolute atomic E-state index is 0.0763. The van der Waals surface area contributed by atoms with Gasteiger partial charge in [0.25, 0.3) is 0 Å². The summed E-state index contributed by atoms with van der Waals surface area (Å²) in [4.78, 5) is 26.8. The summed E-state index contributed by atoms with van der Waals surface area (Å²) in [6.07, 6.45) is 0. The van der Waals surface area contributed by atoms with Crippen LogP contribution in [-0.4, -0.2) is 30.5 Å². The average Bonchev–Trinajstić information content (AvgIpc) is 2.80. The number of methoxy groups -OCH3 is 1. The molecule has 0 aliphatic heterocycles. The number of nitrogens with one attached hydrogen (secondary N) is 1. The van der Waals surface area contributed by atoms with Crippen molar-refractivity contribution >= 4 is 23.4 Å². The lowest BCUT2D eigenvalue weighted by Gasteiger charge is -2.07. The maximum Gasteiger partial charge on any atom is 0.339 e. The smallest absolute Gasteiger partial charge is 0.339 e. The zero-order chi connectivity index (χ0) is 17.1. The summed E-state index contributed by atoms with van der Waals surface area (Å²) in [5.74, 6) is -1.17. The number of Topliss-reactive ketones (excluding diaryl/α,β-unsaturated/α-hetero) is 1. The third-order valence-electron chi connectivity index (χ3n) is 3.36. The van der Waals surface area contributed by atoms with Crippen LogP contribution in [0, 0.1) is 19.7 Å². The van der Waals surface area contributed by atoms with Gasteiger partial charge in [0.15, 0.2) is 6.61 Å². The lowest BCUT2D eigenvalue weighted by Crippen LogP contribution is -2.14. The molecule has 1 heterocycles. The average molecular weight is 340 g/mol. The summed E-state index contributed by atoms with van der Waals surface area (Å²) >= 11 is 5.83. The van der Waals surface area contributed by atoms with E-state index >= 15 is 0 Å². The molecule has 2 rings (SSSR count). The molecule has 23 heavy (non-hydrogen) atoms. The Morgan fingerprint density at radius 3 is 2.61 bits per heavy atom. The van der Waals surface area contributed by atoms with Gasteiger partial charge in [0, 0.05) is 5.69 Å². The van der Waals surface area contributed by atoms with Crippen molar-refractivity contribution in [1.82, 2.24) is 4.98 Å². The Labute approximate surface area is 137 Å². The zero-order valence-corrected chi connectivity index (χ0v) is 13.6. The fourth-order valence-electron chi connectivity index (χ4n) is 2.24. The number of hydrogen-bond acceptors (Lipinski definition) is 4. The van der Waals surface area contributed by atoms with Gasteiger partial charge in [-0.2, -0.15) is 0 Å². The topological polar surface area (TPSA) is 68.4 Å². The summed E-state index contributed by atoms with van der Waals surface area (Å²) in [6, 6.07) is 3.63. The van der Waals surface area contributed by atoms with E-state index in [1.54, 1.807) is 13.8 Å². The first-order valence-electron chi connectivity index (χ1n) is 6.73. The Balaban J connectivity index is 2.17. The second-order valence-corrected chi connectivity index (χ2v) is 5.31. The Bertz CT molecular complexity index is 770. The largest absolute Gasteiger partial charge is 0.484 e. The molecule has 0 atom stereocenters. The van der Waals surface area contributed by atoms with Gasteiger partial charge < -0.3 is 14.5 Å². The van der Waals surface area contributed by atoms with Crippen LogP contribution < -0.4 is 4.74 Å². The number of benzene rings is 1. The first-order chi connectivity index (χ1) is 10.8. The van der Waals surface area contributed by atoms with Crippen molar-refractivity contribution in [3.63, 3.8) is 0 Å². The number of aromatic amines is 1. The van der Waals surface area contributed by atoms with Gasteiger partial charge in [-0.3, -0.25) is 4.79 Å². The van der Waals surface area contributed by atoms with Gasteiger partial charge in [0.2, 0.25) is 5.78 Å². The third kappa shape index (κ3) is 3.53. The standard InChI is InChI=1S/C16H15ClFNO4/c1-8-14(16(21)22-3)9(2)19-15(8)12(20)7-23-13-5-4-10(18)6-11(13)17/h4-6,19H,7H2,1-3H3. The highest BCUT2D eigenvalue weighted by Gasteiger charge is 2.22. The van der Waals surface area contributed by atoms with Crippen molar-refractivity contribution in [3.05, 3.63) is 51.6 Å². The van der Waals surface area contributed by atoms with Gasteiger partial charge in [-0.25, -0.2) is 9.18 Å². The molecule has 1 aromatic carbocycles. The second kappa shape index (κ2) is 6.83. The number of rotatable bonds is 5. The summed E-state index contributed by atoms with van der Waals surface area (Å²) in [7, 11) is 1.27. The maximum atomic E-state index is 13.0. The molecule has 5 nitrogen and oxygen atoms in total. The molecule has 0 amide bonds. The Morgan fingerprint density at radius 2 is 2.00 bits per heavy atom. The van der Waals surface area contributed by atoms with Crippen LogP contribution in [0.4, 0.5) is 4.39 Å². The molecule has 2 aromatic rings. The van der Waals surface area contributed by atoms with Crippen molar-refractivity contribution in [3.8, 4) is 5.75 Å². The fraction of sp³-hybridized carbons (Fsp3) is 0.250. The number of ether oxygens (including phenoxy) is 2. The summed E-state index contributed by atoms with van der Waals surface area (Å²) in [6.45, 7) is 3.02. The normalized spacial score (nSPS) is 10.5. The highest BCUT2D eigenvalue weighted by Crippen LogP contribution is 2.25. The summed E-state index contributed by atoms with van der Waals surface area (Å²) in [5.41, 5.74) is 1.63. The van der Waals surface area contributed by atoms with Crippen LogP contribution in [-0.2, 0) is 4.74 Å².